The van der Waals surface area contributed by atoms with Gasteiger partial charge in [0.15, 0.2) is 17.3 Å². The Hall–Kier alpha value is -4.64. The molecule has 0 bridgehead atoms. The van der Waals surface area contributed by atoms with Crippen molar-refractivity contribution in [2.24, 2.45) is 0 Å². The van der Waals surface area contributed by atoms with Crippen LogP contribution in [0.25, 0.3) is 10.5 Å². The number of nitrogens with zero attached hydrogens (tertiary/aromatic N) is 3. The Balaban J connectivity index is 1.70. The second-order valence-electron chi connectivity index (χ2n) is 7.15. The molecule has 0 saturated heterocycles. The zero-order valence-corrected chi connectivity index (χ0v) is 17.3. The Kier molecular flexibility index (Phi) is 5.79. The first-order valence-corrected chi connectivity index (χ1v) is 9.82. The van der Waals surface area contributed by atoms with Gasteiger partial charge in [-0.1, -0.05) is 42.5 Å². The average Bonchev–Trinajstić information content (AvgIpc) is 3.23. The van der Waals surface area contributed by atoms with E-state index in [1.807, 2.05) is 0 Å². The number of hydrogen-bond acceptors (Lipinski definition) is 3. The van der Waals surface area contributed by atoms with Crippen molar-refractivity contribution < 1.29 is 18.4 Å². The summed E-state index contributed by atoms with van der Waals surface area (Å²) in [4.78, 5) is 29.0. The third kappa shape index (κ3) is 4.25. The number of benzene rings is 3. The van der Waals surface area contributed by atoms with E-state index in [9.17, 15) is 14.0 Å². The lowest BCUT2D eigenvalue weighted by molar-refractivity contribution is 0.101. The summed E-state index contributed by atoms with van der Waals surface area (Å²) in [6.45, 7) is 8.82. The second-order valence-corrected chi connectivity index (χ2v) is 7.15. The second kappa shape index (κ2) is 8.85. The molecular weight excluding hydrogens is 426 g/mol. The largest absolute Gasteiger partial charge is 0.316 e. The van der Waals surface area contributed by atoms with Gasteiger partial charge in [0.05, 0.1) is 23.5 Å². The molecule has 1 amide bonds. The number of aromatic nitrogens is 2. The molecular formula is C25H16F2N4O2. The van der Waals surface area contributed by atoms with Gasteiger partial charge in [-0.25, -0.2) is 18.3 Å². The van der Waals surface area contributed by atoms with Gasteiger partial charge in [0.1, 0.15) is 17.2 Å². The number of halogens is 2. The summed E-state index contributed by atoms with van der Waals surface area (Å²) in [5.41, 5.74) is 0.408. The van der Waals surface area contributed by atoms with Gasteiger partial charge < -0.3 is 5.32 Å². The van der Waals surface area contributed by atoms with Gasteiger partial charge in [-0.3, -0.25) is 9.59 Å². The van der Waals surface area contributed by atoms with E-state index in [2.05, 4.69) is 15.3 Å². The van der Waals surface area contributed by atoms with E-state index in [-0.39, 0.29) is 16.8 Å². The lowest BCUT2D eigenvalue weighted by Crippen LogP contribution is -2.19. The van der Waals surface area contributed by atoms with Crippen LogP contribution in [0.5, 0.6) is 0 Å². The van der Waals surface area contributed by atoms with Gasteiger partial charge in [-0.2, -0.15) is 5.10 Å². The monoisotopic (exact) mass is 442 g/mol. The summed E-state index contributed by atoms with van der Waals surface area (Å²) in [6, 6.07) is 17.9. The minimum absolute atomic E-state index is 0.00761. The molecule has 0 atom stereocenters. The first kappa shape index (κ1) is 21.6. The fourth-order valence-electron chi connectivity index (χ4n) is 3.32. The molecule has 1 aromatic heterocycles. The molecule has 1 heterocycles. The SMILES string of the molecule is [C-]#[N+]c1cccc(-n2nc(C)cc2C(=O)Nc2c(F)ccc(C(=O)c3ccccc3)c2F)c1. The van der Waals surface area contributed by atoms with E-state index in [1.54, 1.807) is 43.3 Å². The van der Waals surface area contributed by atoms with E-state index < -0.39 is 29.0 Å². The molecule has 0 aliphatic heterocycles. The highest BCUT2D eigenvalue weighted by Gasteiger charge is 2.23. The standard InChI is InChI=1S/C25H16F2N4O2/c1-15-13-21(31(30-15)18-10-6-9-17(14-18)28-2)25(33)29-23-20(26)12-11-19(22(23)27)24(32)16-7-4-3-5-8-16/h3-14H,1H3,(H,29,33). The van der Waals surface area contributed by atoms with Crippen LogP contribution in [0.2, 0.25) is 0 Å². The third-order valence-corrected chi connectivity index (χ3v) is 4.88. The van der Waals surface area contributed by atoms with Crippen LogP contribution in [0.4, 0.5) is 20.2 Å². The topological polar surface area (TPSA) is 68.3 Å². The maximum absolute atomic E-state index is 15.1. The number of rotatable bonds is 5. The molecule has 8 heteroatoms. The molecule has 3 aromatic carbocycles. The van der Waals surface area contributed by atoms with Crippen LogP contribution < -0.4 is 5.32 Å². The van der Waals surface area contributed by atoms with Crippen molar-refractivity contribution in [3.63, 3.8) is 0 Å². The smallest absolute Gasteiger partial charge is 0.274 e. The fraction of sp³-hybridized carbons (Fsp3) is 0.0400. The molecule has 1 N–H and O–H groups in total. The van der Waals surface area contributed by atoms with E-state index >= 15 is 4.39 Å². The van der Waals surface area contributed by atoms with Gasteiger partial charge in [0, 0.05) is 5.56 Å². The van der Waals surface area contributed by atoms with Crippen molar-refractivity contribution in [1.82, 2.24) is 9.78 Å². The molecule has 0 unspecified atom stereocenters. The van der Waals surface area contributed by atoms with E-state index in [0.29, 0.717) is 17.1 Å². The predicted octanol–water partition coefficient (Wildman–Crippen LogP) is 5.49. The number of ketones is 1. The molecule has 0 spiro atoms. The van der Waals surface area contributed by atoms with Crippen LogP contribution in [-0.4, -0.2) is 21.5 Å². The summed E-state index contributed by atoms with van der Waals surface area (Å²) in [5.74, 6) is -3.66. The Bertz CT molecular complexity index is 1420. The van der Waals surface area contributed by atoms with Crippen LogP contribution in [0.3, 0.4) is 0 Å². The van der Waals surface area contributed by atoms with Crippen molar-refractivity contribution in [2.75, 3.05) is 5.32 Å². The van der Waals surface area contributed by atoms with Gasteiger partial charge in [-0.15, -0.1) is 0 Å². The van der Waals surface area contributed by atoms with E-state index in [1.165, 1.54) is 28.9 Å². The molecule has 0 aliphatic rings. The van der Waals surface area contributed by atoms with Crippen LogP contribution in [0.1, 0.15) is 32.1 Å². The Labute approximate surface area is 187 Å². The molecule has 6 nitrogen and oxygen atoms in total. The highest BCUT2D eigenvalue weighted by Crippen LogP contribution is 2.26. The van der Waals surface area contributed by atoms with Crippen molar-refractivity contribution in [1.29, 1.82) is 0 Å². The summed E-state index contributed by atoms with van der Waals surface area (Å²) in [7, 11) is 0. The fourth-order valence-corrected chi connectivity index (χ4v) is 3.32. The molecule has 0 fully saturated rings. The number of carbonyl (C=O) groups is 2. The molecule has 0 saturated carbocycles. The molecule has 0 aliphatic carbocycles. The Morgan fingerprint density at radius 2 is 1.76 bits per heavy atom. The maximum Gasteiger partial charge on any atom is 0.274 e. The van der Waals surface area contributed by atoms with Crippen LogP contribution in [0.15, 0.2) is 72.8 Å². The van der Waals surface area contributed by atoms with Crippen molar-refractivity contribution >= 4 is 23.1 Å². The molecule has 0 radical (unpaired) electrons. The minimum atomic E-state index is -1.17. The summed E-state index contributed by atoms with van der Waals surface area (Å²) in [6.07, 6.45) is 0. The zero-order valence-electron chi connectivity index (χ0n) is 17.3. The number of hydrogen-bond donors (Lipinski definition) is 1. The zero-order chi connectivity index (χ0) is 23.5. The quantitative estimate of drug-likeness (QED) is 0.328. The number of anilines is 1. The lowest BCUT2D eigenvalue weighted by Gasteiger charge is -2.12. The molecule has 4 rings (SSSR count). The predicted molar refractivity (Wildman–Crippen MR) is 119 cm³/mol. The number of aryl methyl sites for hydroxylation is 1. The number of nitrogens with one attached hydrogen (secondary N) is 1. The van der Waals surface area contributed by atoms with Crippen LogP contribution in [-0.2, 0) is 0 Å². The summed E-state index contributed by atoms with van der Waals surface area (Å²) in [5, 5.41) is 6.49. The molecule has 162 valence electrons. The first-order chi connectivity index (χ1) is 15.9. The van der Waals surface area contributed by atoms with Gasteiger partial charge in [-0.05, 0) is 37.3 Å². The molecule has 4 aromatic rings. The van der Waals surface area contributed by atoms with Crippen molar-refractivity contribution in [3.8, 4) is 5.69 Å². The van der Waals surface area contributed by atoms with Gasteiger partial charge in [0.2, 0.25) is 0 Å². The first-order valence-electron chi connectivity index (χ1n) is 9.82. The van der Waals surface area contributed by atoms with Crippen LogP contribution >= 0.6 is 0 Å². The molecule has 33 heavy (non-hydrogen) atoms. The minimum Gasteiger partial charge on any atom is -0.316 e. The number of amides is 1. The normalized spacial score (nSPS) is 10.5. The van der Waals surface area contributed by atoms with Crippen LogP contribution in [0, 0.1) is 25.1 Å². The van der Waals surface area contributed by atoms with Gasteiger partial charge >= 0.3 is 0 Å². The summed E-state index contributed by atoms with van der Waals surface area (Å²) >= 11 is 0. The van der Waals surface area contributed by atoms with E-state index in [4.69, 9.17) is 6.57 Å². The average molecular weight is 442 g/mol. The van der Waals surface area contributed by atoms with E-state index in [0.717, 1.165) is 12.1 Å². The Morgan fingerprint density at radius 3 is 2.48 bits per heavy atom. The Morgan fingerprint density at radius 1 is 1.00 bits per heavy atom. The van der Waals surface area contributed by atoms with Crippen molar-refractivity contribution in [2.45, 2.75) is 6.92 Å². The highest BCUT2D eigenvalue weighted by atomic mass is 19.1. The summed E-state index contributed by atoms with van der Waals surface area (Å²) < 4.78 is 30.9. The number of carbonyl (C=O) groups excluding carboxylic acids is 2. The van der Waals surface area contributed by atoms with Gasteiger partial charge in [0.25, 0.3) is 5.91 Å². The lowest BCUT2D eigenvalue weighted by atomic mass is 10.0. The highest BCUT2D eigenvalue weighted by molar-refractivity contribution is 6.10. The van der Waals surface area contributed by atoms with Crippen molar-refractivity contribution in [3.05, 3.63) is 118 Å². The third-order valence-electron chi connectivity index (χ3n) is 4.88. The maximum atomic E-state index is 15.1.